The normalized spacial score (nSPS) is 29.2. The minimum Gasteiger partial charge on any atom is -0.388 e. The molecule has 0 aromatic heterocycles. The maximum atomic E-state index is 13.3. The summed E-state index contributed by atoms with van der Waals surface area (Å²) in [6.45, 7) is 7.23. The summed E-state index contributed by atoms with van der Waals surface area (Å²) in [6.07, 6.45) is 2.11. The molecular weight excluding hydrogens is 304 g/mol. The van der Waals surface area contributed by atoms with Gasteiger partial charge in [-0.05, 0) is 34.1 Å². The molecule has 0 bridgehead atoms. The molecule has 0 radical (unpaired) electrons. The highest BCUT2D eigenvalue weighted by Gasteiger charge is 2.61. The fraction of sp³-hybridized carbons (Fsp3) is 0.500. The van der Waals surface area contributed by atoms with Gasteiger partial charge in [0.1, 0.15) is 5.60 Å². The van der Waals surface area contributed by atoms with Gasteiger partial charge in [-0.1, -0.05) is 35.9 Å². The van der Waals surface area contributed by atoms with Crippen LogP contribution in [0.15, 0.2) is 35.9 Å². The number of aliphatic hydroxyl groups is 1. The van der Waals surface area contributed by atoms with E-state index >= 15 is 0 Å². The summed E-state index contributed by atoms with van der Waals surface area (Å²) in [5.41, 5.74) is -0.342. The molecule has 1 fully saturated rings. The molecule has 0 amide bonds. The molecule has 4 heteroatoms. The zero-order chi connectivity index (χ0) is 17.7. The number of hydrogen-bond acceptors (Lipinski definition) is 4. The summed E-state index contributed by atoms with van der Waals surface area (Å²) >= 11 is 0. The number of allylic oxidation sites excluding steroid dienone is 1. The summed E-state index contributed by atoms with van der Waals surface area (Å²) in [5.74, 6) is -0.752. The molecule has 24 heavy (non-hydrogen) atoms. The fourth-order valence-electron chi connectivity index (χ4n) is 3.70. The molecular formula is C20H24O4. The number of Topliss-reactive ketones (excluding diaryl/α,β-unsaturated/α-hetero) is 2. The average Bonchev–Trinajstić information content (AvgIpc) is 2.92. The van der Waals surface area contributed by atoms with Gasteiger partial charge in [-0.15, -0.1) is 0 Å². The van der Waals surface area contributed by atoms with Gasteiger partial charge in [-0.3, -0.25) is 9.59 Å². The van der Waals surface area contributed by atoms with Gasteiger partial charge >= 0.3 is 0 Å². The first kappa shape index (κ1) is 17.1. The van der Waals surface area contributed by atoms with E-state index in [9.17, 15) is 14.7 Å². The van der Waals surface area contributed by atoms with E-state index in [2.05, 4.69) is 0 Å². The van der Waals surface area contributed by atoms with Gasteiger partial charge in [0.05, 0.1) is 17.6 Å². The lowest BCUT2D eigenvalue weighted by molar-refractivity contribution is -0.109. The minimum absolute atomic E-state index is 0.0564. The fourth-order valence-corrected chi connectivity index (χ4v) is 3.70. The van der Waals surface area contributed by atoms with E-state index in [1.54, 1.807) is 38.1 Å². The second-order valence-electron chi connectivity index (χ2n) is 7.66. The zero-order valence-electron chi connectivity index (χ0n) is 14.6. The summed E-state index contributed by atoms with van der Waals surface area (Å²) < 4.78 is 6.14. The Balaban J connectivity index is 2.13. The second-order valence-corrected chi connectivity index (χ2v) is 7.66. The maximum absolute atomic E-state index is 13.3. The molecule has 0 unspecified atom stereocenters. The molecule has 1 N–H and O–H groups in total. The van der Waals surface area contributed by atoms with Crippen molar-refractivity contribution in [2.45, 2.75) is 57.8 Å². The van der Waals surface area contributed by atoms with Crippen molar-refractivity contribution < 1.29 is 19.4 Å². The number of ether oxygens (including phenoxy) is 1. The SMILES string of the molecule is CC(C)=CC[C@@]12O[C@@H](C(C)(C)O)C[C@@H]1C(=O)c1ccccc1C2=O. The number of hydrogen-bond donors (Lipinski definition) is 1. The van der Waals surface area contributed by atoms with E-state index < -0.39 is 23.2 Å². The summed E-state index contributed by atoms with van der Waals surface area (Å²) in [7, 11) is 0. The third-order valence-electron chi connectivity index (χ3n) is 5.10. The lowest BCUT2D eigenvalue weighted by Gasteiger charge is -2.37. The molecule has 1 saturated heterocycles. The monoisotopic (exact) mass is 328 g/mol. The van der Waals surface area contributed by atoms with E-state index in [1.165, 1.54) is 0 Å². The highest BCUT2D eigenvalue weighted by atomic mass is 16.5. The van der Waals surface area contributed by atoms with E-state index in [0.29, 0.717) is 24.0 Å². The van der Waals surface area contributed by atoms with Crippen LogP contribution in [0, 0.1) is 5.92 Å². The van der Waals surface area contributed by atoms with Crippen molar-refractivity contribution in [3.63, 3.8) is 0 Å². The van der Waals surface area contributed by atoms with Crippen LogP contribution in [0.2, 0.25) is 0 Å². The molecule has 2 aliphatic rings. The first-order valence-corrected chi connectivity index (χ1v) is 8.38. The van der Waals surface area contributed by atoms with Gasteiger partial charge in [0, 0.05) is 17.5 Å². The summed E-state index contributed by atoms with van der Waals surface area (Å²) in [5, 5.41) is 10.4. The van der Waals surface area contributed by atoms with Crippen LogP contribution < -0.4 is 0 Å². The highest BCUT2D eigenvalue weighted by molar-refractivity contribution is 6.19. The lowest BCUT2D eigenvalue weighted by atomic mass is 9.68. The number of carbonyl (C=O) groups excluding carboxylic acids is 2. The largest absolute Gasteiger partial charge is 0.388 e. The van der Waals surface area contributed by atoms with E-state index in [4.69, 9.17) is 4.74 Å². The smallest absolute Gasteiger partial charge is 0.196 e. The van der Waals surface area contributed by atoms with Gasteiger partial charge < -0.3 is 9.84 Å². The Labute approximate surface area is 142 Å². The average molecular weight is 328 g/mol. The lowest BCUT2D eigenvalue weighted by Crippen LogP contribution is -2.51. The number of fused-ring (bicyclic) bond motifs is 2. The van der Waals surface area contributed by atoms with Gasteiger partial charge in [0.2, 0.25) is 0 Å². The third-order valence-corrected chi connectivity index (χ3v) is 5.10. The minimum atomic E-state index is -1.20. The van der Waals surface area contributed by atoms with Crippen molar-refractivity contribution in [3.05, 3.63) is 47.0 Å². The molecule has 4 nitrogen and oxygen atoms in total. The Morgan fingerprint density at radius 1 is 1.29 bits per heavy atom. The molecule has 1 aromatic carbocycles. The Morgan fingerprint density at radius 2 is 1.92 bits per heavy atom. The van der Waals surface area contributed by atoms with Crippen LogP contribution in [-0.4, -0.2) is 34.0 Å². The number of ketones is 2. The van der Waals surface area contributed by atoms with Crippen LogP contribution >= 0.6 is 0 Å². The van der Waals surface area contributed by atoms with Crippen molar-refractivity contribution >= 4 is 11.6 Å². The van der Waals surface area contributed by atoms with Crippen molar-refractivity contribution in [2.75, 3.05) is 0 Å². The summed E-state index contributed by atoms with van der Waals surface area (Å²) in [6, 6.07) is 6.94. The number of rotatable bonds is 3. The molecule has 3 rings (SSSR count). The number of benzene rings is 1. The summed E-state index contributed by atoms with van der Waals surface area (Å²) in [4.78, 5) is 26.3. The Bertz CT molecular complexity index is 721. The van der Waals surface area contributed by atoms with E-state index in [-0.39, 0.29) is 11.6 Å². The quantitative estimate of drug-likeness (QED) is 0.865. The van der Waals surface area contributed by atoms with Gasteiger partial charge in [0.15, 0.2) is 11.6 Å². The van der Waals surface area contributed by atoms with Crippen molar-refractivity contribution in [1.82, 2.24) is 0 Å². The molecule has 1 heterocycles. The van der Waals surface area contributed by atoms with E-state index in [0.717, 1.165) is 5.57 Å². The van der Waals surface area contributed by atoms with Crippen LogP contribution in [-0.2, 0) is 4.74 Å². The Hall–Kier alpha value is -1.78. The maximum Gasteiger partial charge on any atom is 0.196 e. The Morgan fingerprint density at radius 3 is 2.50 bits per heavy atom. The molecule has 0 spiro atoms. The molecule has 1 aliphatic heterocycles. The predicted octanol–water partition coefficient (Wildman–Crippen LogP) is 3.34. The van der Waals surface area contributed by atoms with Gasteiger partial charge in [0.25, 0.3) is 0 Å². The van der Waals surface area contributed by atoms with Gasteiger partial charge in [-0.2, -0.15) is 0 Å². The zero-order valence-corrected chi connectivity index (χ0v) is 14.6. The van der Waals surface area contributed by atoms with Crippen LogP contribution in [0.25, 0.3) is 0 Å². The second kappa shape index (κ2) is 5.64. The van der Waals surface area contributed by atoms with Crippen LogP contribution in [0.3, 0.4) is 0 Å². The predicted molar refractivity (Wildman–Crippen MR) is 91.2 cm³/mol. The van der Waals surface area contributed by atoms with Crippen molar-refractivity contribution in [3.8, 4) is 0 Å². The first-order chi connectivity index (χ1) is 11.2. The molecule has 3 atom stereocenters. The molecule has 1 aromatic rings. The van der Waals surface area contributed by atoms with E-state index in [1.807, 2.05) is 19.9 Å². The molecule has 0 saturated carbocycles. The van der Waals surface area contributed by atoms with Crippen LogP contribution in [0.5, 0.6) is 0 Å². The first-order valence-electron chi connectivity index (χ1n) is 8.38. The third kappa shape index (κ3) is 2.54. The molecule has 1 aliphatic carbocycles. The van der Waals surface area contributed by atoms with Crippen LogP contribution in [0.1, 0.15) is 61.3 Å². The van der Waals surface area contributed by atoms with Crippen molar-refractivity contribution in [2.24, 2.45) is 5.92 Å². The highest BCUT2D eigenvalue weighted by Crippen LogP contribution is 2.49. The van der Waals surface area contributed by atoms with Crippen molar-refractivity contribution in [1.29, 1.82) is 0 Å². The van der Waals surface area contributed by atoms with Gasteiger partial charge in [-0.25, -0.2) is 0 Å². The Kier molecular flexibility index (Phi) is 4.01. The topological polar surface area (TPSA) is 63.6 Å². The number of carbonyl (C=O) groups is 2. The van der Waals surface area contributed by atoms with Crippen LogP contribution in [0.4, 0.5) is 0 Å². The molecule has 128 valence electrons. The standard InChI is InChI=1S/C20H24O4/c1-12(2)9-10-20-15(11-16(24-20)19(3,4)23)17(21)13-7-5-6-8-14(13)18(20)22/h5-9,15-16,23H,10-11H2,1-4H3/t15-,16-,20-/m1/s1.